The van der Waals surface area contributed by atoms with Crippen LogP contribution >= 0.6 is 0 Å². The van der Waals surface area contributed by atoms with Crippen LogP contribution < -0.4 is 5.32 Å². The van der Waals surface area contributed by atoms with Crippen molar-refractivity contribution < 1.29 is 0 Å². The Morgan fingerprint density at radius 3 is 2.33 bits per heavy atom. The summed E-state index contributed by atoms with van der Waals surface area (Å²) < 4.78 is 0. The zero-order valence-electron chi connectivity index (χ0n) is 10.4. The van der Waals surface area contributed by atoms with Gasteiger partial charge in [-0.05, 0) is 56.9 Å². The number of hydrogen-bond acceptors (Lipinski definition) is 1. The van der Waals surface area contributed by atoms with E-state index in [1.54, 1.807) is 0 Å². The zero-order chi connectivity index (χ0) is 10.6. The first-order valence-electron chi connectivity index (χ1n) is 7.08. The van der Waals surface area contributed by atoms with E-state index in [-0.39, 0.29) is 0 Å². The molecule has 88 valence electrons. The van der Waals surface area contributed by atoms with E-state index in [4.69, 9.17) is 0 Å². The molecule has 2 saturated carbocycles. The topological polar surface area (TPSA) is 12.0 Å². The van der Waals surface area contributed by atoms with Gasteiger partial charge in [-0.25, -0.2) is 0 Å². The maximum atomic E-state index is 3.73. The average Bonchev–Trinajstić information content (AvgIpc) is 2.71. The molecule has 0 aliphatic heterocycles. The first-order valence-corrected chi connectivity index (χ1v) is 7.08. The SMILES string of the molecule is CCCCNC1CCC2(CCCC2)CC1. The molecule has 0 aromatic heterocycles. The van der Waals surface area contributed by atoms with Crippen LogP contribution in [0.15, 0.2) is 0 Å². The zero-order valence-corrected chi connectivity index (χ0v) is 10.4. The van der Waals surface area contributed by atoms with E-state index < -0.39 is 0 Å². The lowest BCUT2D eigenvalue weighted by molar-refractivity contribution is 0.168. The molecule has 2 aliphatic rings. The summed E-state index contributed by atoms with van der Waals surface area (Å²) in [6.07, 6.45) is 14.7. The lowest BCUT2D eigenvalue weighted by Crippen LogP contribution is -2.37. The van der Waals surface area contributed by atoms with Crippen LogP contribution in [-0.4, -0.2) is 12.6 Å². The van der Waals surface area contributed by atoms with E-state index in [0.717, 1.165) is 11.5 Å². The van der Waals surface area contributed by atoms with Gasteiger partial charge < -0.3 is 5.32 Å². The highest BCUT2D eigenvalue weighted by molar-refractivity contribution is 4.91. The molecule has 0 radical (unpaired) electrons. The Kier molecular flexibility index (Phi) is 4.07. The average molecular weight is 209 g/mol. The highest BCUT2D eigenvalue weighted by Gasteiger charge is 2.37. The minimum atomic E-state index is 0.808. The van der Waals surface area contributed by atoms with Crippen LogP contribution in [0.1, 0.15) is 71.1 Å². The molecule has 2 rings (SSSR count). The smallest absolute Gasteiger partial charge is 0.00674 e. The number of nitrogens with one attached hydrogen (secondary N) is 1. The molecule has 1 N–H and O–H groups in total. The molecule has 2 fully saturated rings. The van der Waals surface area contributed by atoms with E-state index in [1.165, 1.54) is 70.8 Å². The predicted molar refractivity (Wildman–Crippen MR) is 66.1 cm³/mol. The summed E-state index contributed by atoms with van der Waals surface area (Å²) in [5.41, 5.74) is 0.808. The highest BCUT2D eigenvalue weighted by Crippen LogP contribution is 2.48. The molecule has 0 unspecified atom stereocenters. The van der Waals surface area contributed by atoms with Gasteiger partial charge in [0, 0.05) is 6.04 Å². The molecule has 0 bridgehead atoms. The van der Waals surface area contributed by atoms with Crippen LogP contribution in [0, 0.1) is 5.41 Å². The highest BCUT2D eigenvalue weighted by atomic mass is 14.9. The summed E-state index contributed by atoms with van der Waals surface area (Å²) in [5, 5.41) is 3.73. The molecule has 0 atom stereocenters. The van der Waals surface area contributed by atoms with Crippen LogP contribution in [0.2, 0.25) is 0 Å². The fourth-order valence-electron chi connectivity index (χ4n) is 3.54. The summed E-state index contributed by atoms with van der Waals surface area (Å²) >= 11 is 0. The van der Waals surface area contributed by atoms with Gasteiger partial charge in [-0.3, -0.25) is 0 Å². The molecule has 0 heterocycles. The maximum absolute atomic E-state index is 3.73. The van der Waals surface area contributed by atoms with Gasteiger partial charge in [0.15, 0.2) is 0 Å². The van der Waals surface area contributed by atoms with Crippen molar-refractivity contribution in [3.8, 4) is 0 Å². The second-order valence-corrected chi connectivity index (χ2v) is 5.79. The molecule has 0 amide bonds. The molecule has 1 heteroatoms. The maximum Gasteiger partial charge on any atom is 0.00674 e. The van der Waals surface area contributed by atoms with E-state index in [0.29, 0.717) is 0 Å². The third kappa shape index (κ3) is 2.96. The molecule has 2 aliphatic carbocycles. The van der Waals surface area contributed by atoms with Crippen LogP contribution in [0.5, 0.6) is 0 Å². The van der Waals surface area contributed by atoms with Crippen molar-refractivity contribution in [3.05, 3.63) is 0 Å². The van der Waals surface area contributed by atoms with Crippen molar-refractivity contribution in [3.63, 3.8) is 0 Å². The van der Waals surface area contributed by atoms with E-state index >= 15 is 0 Å². The summed E-state index contributed by atoms with van der Waals surface area (Å²) in [6, 6.07) is 0.850. The quantitative estimate of drug-likeness (QED) is 0.693. The number of rotatable bonds is 4. The summed E-state index contributed by atoms with van der Waals surface area (Å²) in [6.45, 7) is 3.52. The van der Waals surface area contributed by atoms with Gasteiger partial charge in [-0.2, -0.15) is 0 Å². The fourth-order valence-corrected chi connectivity index (χ4v) is 3.54. The summed E-state index contributed by atoms with van der Waals surface area (Å²) in [4.78, 5) is 0. The van der Waals surface area contributed by atoms with Crippen LogP contribution in [-0.2, 0) is 0 Å². The Labute approximate surface area is 95.0 Å². The fraction of sp³-hybridized carbons (Fsp3) is 1.00. The second kappa shape index (κ2) is 5.34. The number of hydrogen-bond donors (Lipinski definition) is 1. The molecule has 15 heavy (non-hydrogen) atoms. The normalized spacial score (nSPS) is 26.2. The molecule has 1 nitrogen and oxygen atoms in total. The Balaban J connectivity index is 1.67. The minimum absolute atomic E-state index is 0.808. The van der Waals surface area contributed by atoms with Gasteiger partial charge in [-0.15, -0.1) is 0 Å². The van der Waals surface area contributed by atoms with Crippen LogP contribution in [0.25, 0.3) is 0 Å². The second-order valence-electron chi connectivity index (χ2n) is 5.79. The van der Waals surface area contributed by atoms with Gasteiger partial charge in [0.05, 0.1) is 0 Å². The van der Waals surface area contributed by atoms with Crippen molar-refractivity contribution in [1.82, 2.24) is 5.32 Å². The van der Waals surface area contributed by atoms with Crippen molar-refractivity contribution in [2.75, 3.05) is 6.54 Å². The monoisotopic (exact) mass is 209 g/mol. The third-order valence-corrected chi connectivity index (χ3v) is 4.67. The Bertz CT molecular complexity index is 172. The lowest BCUT2D eigenvalue weighted by Gasteiger charge is -2.37. The van der Waals surface area contributed by atoms with E-state index in [9.17, 15) is 0 Å². The van der Waals surface area contributed by atoms with Gasteiger partial charge in [0.1, 0.15) is 0 Å². The first kappa shape index (κ1) is 11.4. The first-order chi connectivity index (χ1) is 7.35. The summed E-state index contributed by atoms with van der Waals surface area (Å²) in [7, 11) is 0. The molecule has 1 spiro atoms. The van der Waals surface area contributed by atoms with Crippen LogP contribution in [0.3, 0.4) is 0 Å². The Morgan fingerprint density at radius 1 is 1.07 bits per heavy atom. The van der Waals surface area contributed by atoms with Crippen LogP contribution in [0.4, 0.5) is 0 Å². The van der Waals surface area contributed by atoms with Crippen molar-refractivity contribution in [2.24, 2.45) is 5.41 Å². The standard InChI is InChI=1S/C14H27N/c1-2-3-12-15-13-6-10-14(11-7-13)8-4-5-9-14/h13,15H,2-12H2,1H3. The van der Waals surface area contributed by atoms with Gasteiger partial charge in [0.25, 0.3) is 0 Å². The molecule has 0 aromatic carbocycles. The predicted octanol–water partition coefficient (Wildman–Crippen LogP) is 3.88. The van der Waals surface area contributed by atoms with Crippen molar-refractivity contribution in [1.29, 1.82) is 0 Å². The minimum Gasteiger partial charge on any atom is -0.314 e. The van der Waals surface area contributed by atoms with Gasteiger partial charge in [-0.1, -0.05) is 26.2 Å². The third-order valence-electron chi connectivity index (χ3n) is 4.67. The molecule has 0 aromatic rings. The van der Waals surface area contributed by atoms with E-state index in [1.807, 2.05) is 0 Å². The van der Waals surface area contributed by atoms with Crippen molar-refractivity contribution in [2.45, 2.75) is 77.2 Å². The van der Waals surface area contributed by atoms with E-state index in [2.05, 4.69) is 12.2 Å². The molecular formula is C14H27N. The molecule has 0 saturated heterocycles. The largest absolute Gasteiger partial charge is 0.314 e. The number of unbranched alkanes of at least 4 members (excludes halogenated alkanes) is 1. The summed E-state index contributed by atoms with van der Waals surface area (Å²) in [5.74, 6) is 0. The van der Waals surface area contributed by atoms with Gasteiger partial charge >= 0.3 is 0 Å². The van der Waals surface area contributed by atoms with Crippen molar-refractivity contribution >= 4 is 0 Å². The van der Waals surface area contributed by atoms with Gasteiger partial charge in [0.2, 0.25) is 0 Å². The molecular weight excluding hydrogens is 182 g/mol. The lowest BCUT2D eigenvalue weighted by atomic mass is 9.71. The Hall–Kier alpha value is -0.0400. The Morgan fingerprint density at radius 2 is 1.73 bits per heavy atom.